The summed E-state index contributed by atoms with van der Waals surface area (Å²) in [4.78, 5) is 25.6. The van der Waals surface area contributed by atoms with E-state index in [-0.39, 0.29) is 17.9 Å². The topological polar surface area (TPSA) is 84.7 Å². The van der Waals surface area contributed by atoms with E-state index < -0.39 is 0 Å². The Morgan fingerprint density at radius 3 is 2.67 bits per heavy atom. The summed E-state index contributed by atoms with van der Waals surface area (Å²) in [6.07, 6.45) is 4.45. The van der Waals surface area contributed by atoms with Gasteiger partial charge >= 0.3 is 6.09 Å². The van der Waals surface area contributed by atoms with Crippen LogP contribution in [0.25, 0.3) is 0 Å². The number of nitrogens with two attached hydrogens (primary N) is 1. The Kier molecular flexibility index (Phi) is 3.92. The highest BCUT2D eigenvalue weighted by atomic mass is 16.6. The molecule has 0 spiro atoms. The zero-order valence-electron chi connectivity index (χ0n) is 13.7. The Morgan fingerprint density at radius 1 is 1.17 bits per heavy atom. The van der Waals surface area contributed by atoms with Crippen LogP contribution in [0, 0.1) is 5.92 Å². The van der Waals surface area contributed by atoms with Gasteiger partial charge in [-0.2, -0.15) is 0 Å². The van der Waals surface area contributed by atoms with E-state index in [1.807, 2.05) is 12.1 Å². The Bertz CT molecular complexity index is 667. The summed E-state index contributed by atoms with van der Waals surface area (Å²) < 4.78 is 5.00. The van der Waals surface area contributed by atoms with Crippen LogP contribution >= 0.6 is 0 Å². The molecular formula is C18H23N3O3. The summed E-state index contributed by atoms with van der Waals surface area (Å²) in [6.45, 7) is 0.961. The number of anilines is 2. The molecule has 2 fully saturated rings. The van der Waals surface area contributed by atoms with Gasteiger partial charge in [0.25, 0.3) is 0 Å². The van der Waals surface area contributed by atoms with E-state index in [0.29, 0.717) is 31.5 Å². The molecule has 1 atom stereocenters. The minimum absolute atomic E-state index is 0.0588. The Hall–Kier alpha value is -2.08. The maximum Gasteiger partial charge on any atom is 0.414 e. The van der Waals surface area contributed by atoms with Crippen molar-refractivity contribution in [3.8, 4) is 0 Å². The van der Waals surface area contributed by atoms with Gasteiger partial charge in [-0.25, -0.2) is 4.79 Å². The van der Waals surface area contributed by atoms with Gasteiger partial charge < -0.3 is 15.8 Å². The molecule has 2 amide bonds. The fourth-order valence-corrected chi connectivity index (χ4v) is 4.25. The number of nitrogens with one attached hydrogen (secondary N) is 1. The minimum atomic E-state index is -0.324. The average molecular weight is 329 g/mol. The summed E-state index contributed by atoms with van der Waals surface area (Å²) in [5.41, 5.74) is 8.83. The summed E-state index contributed by atoms with van der Waals surface area (Å²) in [5.74, 6) is 0.821. The lowest BCUT2D eigenvalue weighted by molar-refractivity contribution is -0.117. The highest BCUT2D eigenvalue weighted by molar-refractivity contribution is 5.97. The number of benzene rings is 1. The molecule has 6 heteroatoms. The van der Waals surface area contributed by atoms with Crippen molar-refractivity contribution >= 4 is 23.4 Å². The van der Waals surface area contributed by atoms with Crippen LogP contribution < -0.4 is 16.0 Å². The second-order valence-corrected chi connectivity index (χ2v) is 7.07. The van der Waals surface area contributed by atoms with Crippen LogP contribution in [-0.2, 0) is 9.53 Å². The van der Waals surface area contributed by atoms with Crippen molar-refractivity contribution < 1.29 is 14.3 Å². The molecule has 0 unspecified atom stereocenters. The Balaban J connectivity index is 1.62. The third kappa shape index (κ3) is 2.75. The molecule has 1 aromatic rings. The molecule has 2 aliphatic heterocycles. The summed E-state index contributed by atoms with van der Waals surface area (Å²) in [6, 6.07) is 6.24. The van der Waals surface area contributed by atoms with Gasteiger partial charge in [0.1, 0.15) is 6.61 Å². The van der Waals surface area contributed by atoms with Crippen LogP contribution in [0.4, 0.5) is 16.2 Å². The second-order valence-electron chi connectivity index (χ2n) is 7.07. The first-order valence-electron chi connectivity index (χ1n) is 8.75. The maximum absolute atomic E-state index is 12.2. The smallest absolute Gasteiger partial charge is 0.414 e. The standard InChI is InChI=1S/C18H23N3O3/c19-12-3-1-11(2-4-12)15-10-17(22)20-16-9-13(5-6-14(15)16)21-7-8-24-18(21)23/h5-6,9,11-12,15H,1-4,7-8,10,19H2,(H,20,22)/t11?,12?,15-/m0/s1. The number of nitrogens with zero attached hydrogens (tertiary/aromatic N) is 1. The average Bonchev–Trinajstić information content (AvgIpc) is 3.00. The van der Waals surface area contributed by atoms with Crippen LogP contribution in [0.1, 0.15) is 43.6 Å². The third-order valence-corrected chi connectivity index (χ3v) is 5.57. The van der Waals surface area contributed by atoms with E-state index in [4.69, 9.17) is 10.5 Å². The molecule has 3 N–H and O–H groups in total. The lowest BCUT2D eigenvalue weighted by atomic mass is 9.72. The highest BCUT2D eigenvalue weighted by Crippen LogP contribution is 2.44. The van der Waals surface area contributed by atoms with Gasteiger partial charge in [0.15, 0.2) is 0 Å². The van der Waals surface area contributed by atoms with E-state index in [1.165, 1.54) is 5.56 Å². The zero-order valence-corrected chi connectivity index (χ0v) is 13.7. The van der Waals surface area contributed by atoms with Gasteiger partial charge in [-0.1, -0.05) is 6.07 Å². The first-order chi connectivity index (χ1) is 11.6. The molecule has 24 heavy (non-hydrogen) atoms. The van der Waals surface area contributed by atoms with Gasteiger partial charge in [-0.3, -0.25) is 9.69 Å². The fourth-order valence-electron chi connectivity index (χ4n) is 4.25. The first-order valence-corrected chi connectivity index (χ1v) is 8.75. The van der Waals surface area contributed by atoms with Crippen LogP contribution in [-0.4, -0.2) is 31.2 Å². The molecule has 1 saturated heterocycles. The Morgan fingerprint density at radius 2 is 1.96 bits per heavy atom. The van der Waals surface area contributed by atoms with Crippen molar-refractivity contribution in [3.63, 3.8) is 0 Å². The van der Waals surface area contributed by atoms with Gasteiger partial charge in [0, 0.05) is 23.8 Å². The number of cyclic esters (lactones) is 1. The molecule has 128 valence electrons. The molecule has 2 heterocycles. The molecule has 1 aromatic carbocycles. The number of hydrogen-bond donors (Lipinski definition) is 2. The number of amides is 2. The number of carbonyl (C=O) groups is 2. The van der Waals surface area contributed by atoms with E-state index in [0.717, 1.165) is 37.1 Å². The second kappa shape index (κ2) is 6.09. The van der Waals surface area contributed by atoms with E-state index in [9.17, 15) is 9.59 Å². The van der Waals surface area contributed by atoms with Crippen molar-refractivity contribution in [1.82, 2.24) is 0 Å². The number of ether oxygens (including phenoxy) is 1. The van der Waals surface area contributed by atoms with Gasteiger partial charge in [0.05, 0.1) is 6.54 Å². The predicted octanol–water partition coefficient (Wildman–Crippen LogP) is 2.59. The predicted molar refractivity (Wildman–Crippen MR) is 91.1 cm³/mol. The van der Waals surface area contributed by atoms with Crippen LogP contribution in [0.3, 0.4) is 0 Å². The van der Waals surface area contributed by atoms with Crippen molar-refractivity contribution in [3.05, 3.63) is 23.8 Å². The monoisotopic (exact) mass is 329 g/mol. The molecule has 3 aliphatic rings. The highest BCUT2D eigenvalue weighted by Gasteiger charge is 2.34. The maximum atomic E-state index is 12.2. The van der Waals surface area contributed by atoms with Crippen LogP contribution in [0.15, 0.2) is 18.2 Å². The molecule has 6 nitrogen and oxygen atoms in total. The van der Waals surface area contributed by atoms with Gasteiger partial charge in [-0.15, -0.1) is 0 Å². The van der Waals surface area contributed by atoms with Crippen molar-refractivity contribution in [2.24, 2.45) is 11.7 Å². The number of carbonyl (C=O) groups excluding carboxylic acids is 2. The lowest BCUT2D eigenvalue weighted by Crippen LogP contribution is -2.33. The lowest BCUT2D eigenvalue weighted by Gasteiger charge is -2.36. The van der Waals surface area contributed by atoms with Gasteiger partial charge in [-0.05, 0) is 55.2 Å². The number of fused-ring (bicyclic) bond motifs is 1. The van der Waals surface area contributed by atoms with Crippen LogP contribution in [0.5, 0.6) is 0 Å². The molecule has 1 aliphatic carbocycles. The molecule has 0 radical (unpaired) electrons. The van der Waals surface area contributed by atoms with E-state index in [2.05, 4.69) is 11.4 Å². The fraction of sp³-hybridized carbons (Fsp3) is 0.556. The minimum Gasteiger partial charge on any atom is -0.447 e. The zero-order chi connectivity index (χ0) is 16.7. The number of rotatable bonds is 2. The van der Waals surface area contributed by atoms with E-state index >= 15 is 0 Å². The van der Waals surface area contributed by atoms with Gasteiger partial charge in [0.2, 0.25) is 5.91 Å². The normalized spacial score (nSPS) is 29.9. The SMILES string of the molecule is NC1CCC([C@@H]2CC(=O)Nc3cc(N4CCOC4=O)ccc32)CC1. The molecule has 4 rings (SSSR count). The summed E-state index contributed by atoms with van der Waals surface area (Å²) in [7, 11) is 0. The first kappa shape index (κ1) is 15.4. The quantitative estimate of drug-likeness (QED) is 0.873. The van der Waals surface area contributed by atoms with Crippen LogP contribution in [0.2, 0.25) is 0 Å². The Labute approximate surface area is 141 Å². The molecule has 0 aromatic heterocycles. The molecule has 0 bridgehead atoms. The van der Waals surface area contributed by atoms with Crippen molar-refractivity contribution in [2.75, 3.05) is 23.4 Å². The van der Waals surface area contributed by atoms with Crippen molar-refractivity contribution in [2.45, 2.75) is 44.1 Å². The molecular weight excluding hydrogens is 306 g/mol. The third-order valence-electron chi connectivity index (χ3n) is 5.57. The van der Waals surface area contributed by atoms with Crippen molar-refractivity contribution in [1.29, 1.82) is 0 Å². The van der Waals surface area contributed by atoms with E-state index in [1.54, 1.807) is 4.90 Å². The summed E-state index contributed by atoms with van der Waals surface area (Å²) >= 11 is 0. The molecule has 1 saturated carbocycles. The summed E-state index contributed by atoms with van der Waals surface area (Å²) in [5, 5.41) is 2.97. The largest absolute Gasteiger partial charge is 0.447 e. The number of hydrogen-bond acceptors (Lipinski definition) is 4.